The van der Waals surface area contributed by atoms with E-state index in [4.69, 9.17) is 14.2 Å². The smallest absolute Gasteiger partial charge is 0.237 e. The molecule has 2 aliphatic rings. The zero-order chi connectivity index (χ0) is 14.3. The van der Waals surface area contributed by atoms with Gasteiger partial charge in [-0.25, -0.2) is 0 Å². The molecule has 2 heterocycles. The Morgan fingerprint density at radius 2 is 1.81 bits per heavy atom. The number of benzene rings is 1. The van der Waals surface area contributed by atoms with Crippen molar-refractivity contribution in [2.24, 2.45) is 0 Å². The van der Waals surface area contributed by atoms with E-state index in [1.54, 1.807) is 0 Å². The molecule has 1 saturated carbocycles. The van der Waals surface area contributed by atoms with Gasteiger partial charge in [-0.2, -0.15) is 4.98 Å². The van der Waals surface area contributed by atoms with Gasteiger partial charge in [-0.1, -0.05) is 33.2 Å². The van der Waals surface area contributed by atoms with Crippen molar-refractivity contribution in [1.29, 1.82) is 0 Å². The number of rotatable bonds is 3. The van der Waals surface area contributed by atoms with Gasteiger partial charge in [0.15, 0.2) is 5.82 Å². The van der Waals surface area contributed by atoms with E-state index in [9.17, 15) is 0 Å². The molecule has 4 rings (SSSR count). The molecule has 1 aliphatic carbocycles. The van der Waals surface area contributed by atoms with Crippen LogP contribution in [-0.4, -0.2) is 23.4 Å². The van der Waals surface area contributed by atoms with Gasteiger partial charge >= 0.3 is 0 Å². The Hall–Kier alpha value is -1.20. The molecule has 1 aliphatic heterocycles. The van der Waals surface area contributed by atoms with E-state index in [1.807, 2.05) is 0 Å². The highest BCUT2D eigenvalue weighted by Gasteiger charge is 2.42. The largest absolute Gasteiger partial charge is 0.381 e. The minimum atomic E-state index is -0.195. The van der Waals surface area contributed by atoms with Crippen molar-refractivity contribution in [2.75, 3.05) is 13.2 Å². The fraction of sp³-hybridized carbons (Fsp3) is 0.500. The number of hydrogen-bond acceptors (Lipinski definition) is 4. The topological polar surface area (TPSA) is 48.2 Å². The first-order chi connectivity index (χ1) is 10.3. The summed E-state index contributed by atoms with van der Waals surface area (Å²) in [6.07, 6.45) is 4.16. The molecule has 4 nitrogen and oxygen atoms in total. The molecule has 2 fully saturated rings. The highest BCUT2D eigenvalue weighted by atomic mass is 79.9. The molecule has 0 bridgehead atoms. The summed E-state index contributed by atoms with van der Waals surface area (Å²) < 4.78 is 12.3. The molecule has 0 atom stereocenters. The Bertz CT molecular complexity index is 628. The summed E-state index contributed by atoms with van der Waals surface area (Å²) in [4.78, 5) is 4.72. The lowest BCUT2D eigenvalue weighted by Crippen LogP contribution is -2.35. The molecule has 0 unspecified atom stereocenters. The van der Waals surface area contributed by atoms with Gasteiger partial charge in [0.05, 0.1) is 5.41 Å². The molecule has 5 heteroatoms. The number of halogens is 1. The van der Waals surface area contributed by atoms with E-state index in [0.29, 0.717) is 5.92 Å². The first-order valence-corrected chi connectivity index (χ1v) is 8.25. The maximum Gasteiger partial charge on any atom is 0.237 e. The van der Waals surface area contributed by atoms with Crippen LogP contribution in [0.25, 0.3) is 0 Å². The van der Waals surface area contributed by atoms with Crippen LogP contribution in [-0.2, 0) is 10.2 Å². The average molecular weight is 349 g/mol. The second-order valence-corrected chi connectivity index (χ2v) is 6.85. The molecule has 0 N–H and O–H groups in total. The van der Waals surface area contributed by atoms with Crippen molar-refractivity contribution in [2.45, 2.75) is 37.0 Å². The van der Waals surface area contributed by atoms with E-state index in [1.165, 1.54) is 18.4 Å². The van der Waals surface area contributed by atoms with E-state index < -0.39 is 0 Å². The Kier molecular flexibility index (Phi) is 3.34. The number of aromatic nitrogens is 2. The van der Waals surface area contributed by atoms with Crippen molar-refractivity contribution < 1.29 is 9.26 Å². The number of hydrogen-bond donors (Lipinski definition) is 0. The van der Waals surface area contributed by atoms with Crippen LogP contribution in [0.2, 0.25) is 0 Å². The Balaban J connectivity index is 1.76. The summed E-state index contributed by atoms with van der Waals surface area (Å²) in [5.41, 5.74) is 1.04. The number of nitrogens with zero attached hydrogens (tertiary/aromatic N) is 2. The highest BCUT2D eigenvalue weighted by Crippen LogP contribution is 2.43. The quantitative estimate of drug-likeness (QED) is 0.846. The van der Waals surface area contributed by atoms with E-state index in [-0.39, 0.29) is 5.41 Å². The summed E-state index contributed by atoms with van der Waals surface area (Å²) in [6, 6.07) is 8.45. The molecule has 0 radical (unpaired) electrons. The maximum absolute atomic E-state index is 5.67. The molecule has 110 valence electrons. The first kappa shape index (κ1) is 13.5. The molecule has 1 aromatic heterocycles. The lowest BCUT2D eigenvalue weighted by molar-refractivity contribution is 0.0523. The average Bonchev–Trinajstić information content (AvgIpc) is 3.26. The highest BCUT2D eigenvalue weighted by molar-refractivity contribution is 9.10. The van der Waals surface area contributed by atoms with E-state index in [2.05, 4.69) is 45.4 Å². The molecular weight excluding hydrogens is 332 g/mol. The van der Waals surface area contributed by atoms with Gasteiger partial charge in [0.2, 0.25) is 5.89 Å². The van der Waals surface area contributed by atoms with Crippen LogP contribution in [0.4, 0.5) is 0 Å². The second-order valence-electron chi connectivity index (χ2n) is 5.93. The van der Waals surface area contributed by atoms with Crippen LogP contribution in [0.1, 0.15) is 48.9 Å². The minimum absolute atomic E-state index is 0.195. The van der Waals surface area contributed by atoms with Crippen LogP contribution in [0.5, 0.6) is 0 Å². The Morgan fingerprint density at radius 1 is 1.10 bits per heavy atom. The molecular formula is C16H17BrN2O2. The predicted molar refractivity (Wildman–Crippen MR) is 81.2 cm³/mol. The van der Waals surface area contributed by atoms with Gasteiger partial charge in [-0.3, -0.25) is 0 Å². The fourth-order valence-corrected chi connectivity index (χ4v) is 3.32. The van der Waals surface area contributed by atoms with Crippen LogP contribution in [0, 0.1) is 0 Å². The third kappa shape index (κ3) is 2.42. The number of ether oxygens (including phenoxy) is 1. The van der Waals surface area contributed by atoms with Crippen molar-refractivity contribution in [3.05, 3.63) is 46.0 Å². The van der Waals surface area contributed by atoms with E-state index >= 15 is 0 Å². The summed E-state index contributed by atoms with van der Waals surface area (Å²) in [5.74, 6) is 2.16. The van der Waals surface area contributed by atoms with Gasteiger partial charge in [0.1, 0.15) is 0 Å². The van der Waals surface area contributed by atoms with E-state index in [0.717, 1.165) is 42.2 Å². The SMILES string of the molecule is Brc1ccc(C2(c3nc(C4CC4)no3)CCOCC2)cc1. The normalized spacial score (nSPS) is 21.4. The van der Waals surface area contributed by atoms with Crippen molar-refractivity contribution in [3.8, 4) is 0 Å². The van der Waals surface area contributed by atoms with Crippen LogP contribution < -0.4 is 0 Å². The lowest BCUT2D eigenvalue weighted by atomic mass is 9.74. The Labute approximate surface area is 132 Å². The first-order valence-electron chi connectivity index (χ1n) is 7.46. The van der Waals surface area contributed by atoms with Crippen LogP contribution >= 0.6 is 15.9 Å². The van der Waals surface area contributed by atoms with Gasteiger partial charge < -0.3 is 9.26 Å². The third-order valence-corrected chi connectivity index (χ3v) is 5.07. The van der Waals surface area contributed by atoms with Crippen molar-refractivity contribution in [1.82, 2.24) is 10.1 Å². The standard InChI is InChI=1S/C16H17BrN2O2/c17-13-5-3-12(4-6-13)16(7-9-20-10-8-16)15-18-14(19-21-15)11-1-2-11/h3-6,11H,1-2,7-10H2. The summed E-state index contributed by atoms with van der Waals surface area (Å²) in [6.45, 7) is 1.47. The summed E-state index contributed by atoms with van der Waals surface area (Å²) in [5, 5.41) is 4.21. The van der Waals surface area contributed by atoms with Gasteiger partial charge in [0.25, 0.3) is 0 Å². The van der Waals surface area contributed by atoms with Crippen molar-refractivity contribution >= 4 is 15.9 Å². The zero-order valence-corrected chi connectivity index (χ0v) is 13.3. The molecule has 1 aromatic carbocycles. The molecule has 2 aromatic rings. The second kappa shape index (κ2) is 5.21. The molecule has 1 saturated heterocycles. The summed E-state index contributed by atoms with van der Waals surface area (Å²) in [7, 11) is 0. The van der Waals surface area contributed by atoms with Gasteiger partial charge in [0, 0.05) is 23.6 Å². The molecule has 0 spiro atoms. The van der Waals surface area contributed by atoms with Crippen LogP contribution in [0.15, 0.2) is 33.3 Å². The third-order valence-electron chi connectivity index (χ3n) is 4.54. The molecule has 21 heavy (non-hydrogen) atoms. The monoisotopic (exact) mass is 348 g/mol. The summed E-state index contributed by atoms with van der Waals surface area (Å²) >= 11 is 3.50. The van der Waals surface area contributed by atoms with Gasteiger partial charge in [-0.15, -0.1) is 0 Å². The van der Waals surface area contributed by atoms with Gasteiger partial charge in [-0.05, 0) is 43.4 Å². The lowest BCUT2D eigenvalue weighted by Gasteiger charge is -2.34. The minimum Gasteiger partial charge on any atom is -0.381 e. The van der Waals surface area contributed by atoms with Crippen molar-refractivity contribution in [3.63, 3.8) is 0 Å². The fourth-order valence-electron chi connectivity index (χ4n) is 3.05. The maximum atomic E-state index is 5.67. The predicted octanol–water partition coefficient (Wildman–Crippen LogP) is 3.81. The zero-order valence-electron chi connectivity index (χ0n) is 11.7. The van der Waals surface area contributed by atoms with Crippen LogP contribution in [0.3, 0.4) is 0 Å². The Morgan fingerprint density at radius 3 is 2.48 bits per heavy atom. The molecule has 0 amide bonds.